The average Bonchev–Trinajstić information content (AvgIpc) is 2.87. The zero-order valence-electron chi connectivity index (χ0n) is 10.8. The monoisotopic (exact) mass is 258 g/mol. The van der Waals surface area contributed by atoms with Gasteiger partial charge in [0.1, 0.15) is 0 Å². The highest BCUT2D eigenvalue weighted by Gasteiger charge is 2.33. The zero-order valence-corrected chi connectivity index (χ0v) is 10.8. The lowest BCUT2D eigenvalue weighted by atomic mass is 10.3. The first kappa shape index (κ1) is 11.7. The fourth-order valence-corrected chi connectivity index (χ4v) is 2.31. The molecule has 0 saturated carbocycles. The minimum absolute atomic E-state index is 0.103. The van der Waals surface area contributed by atoms with E-state index in [1.165, 1.54) is 9.36 Å². The molecule has 0 saturated heterocycles. The maximum Gasteiger partial charge on any atom is 0.364 e. The third kappa shape index (κ3) is 1.68. The summed E-state index contributed by atoms with van der Waals surface area (Å²) in [5, 5.41) is 0. The van der Waals surface area contributed by atoms with E-state index in [0.29, 0.717) is 12.4 Å². The Kier molecular flexibility index (Phi) is 2.51. The van der Waals surface area contributed by atoms with E-state index in [0.717, 1.165) is 5.69 Å². The van der Waals surface area contributed by atoms with E-state index in [1.807, 2.05) is 44.2 Å². The van der Waals surface area contributed by atoms with Crippen molar-refractivity contribution in [2.75, 3.05) is 4.90 Å². The van der Waals surface area contributed by atoms with Crippen LogP contribution in [0.5, 0.6) is 0 Å². The molecule has 0 unspecified atom stereocenters. The molecule has 0 spiro atoms. The molecule has 2 heterocycles. The summed E-state index contributed by atoms with van der Waals surface area (Å²) < 4.78 is 2.76. The maximum absolute atomic E-state index is 12.4. The Morgan fingerprint density at radius 1 is 1.16 bits per heavy atom. The summed E-state index contributed by atoms with van der Waals surface area (Å²) in [6, 6.07) is 9.04. The molecule has 2 aromatic rings. The van der Waals surface area contributed by atoms with Gasteiger partial charge in [-0.3, -0.25) is 4.90 Å². The Balaban J connectivity index is 2.07. The van der Waals surface area contributed by atoms with Crippen LogP contribution in [-0.4, -0.2) is 20.4 Å². The second-order valence-electron chi connectivity index (χ2n) is 4.76. The van der Waals surface area contributed by atoms with Crippen LogP contribution in [0.3, 0.4) is 0 Å². The number of hydrogen-bond acceptors (Lipinski definition) is 3. The van der Waals surface area contributed by atoms with Gasteiger partial charge in [0.25, 0.3) is 0 Å². The van der Waals surface area contributed by atoms with Crippen LogP contribution in [0.2, 0.25) is 0 Å². The highest BCUT2D eigenvalue weighted by atomic mass is 16.2. The first-order chi connectivity index (χ1) is 9.09. The van der Waals surface area contributed by atoms with Gasteiger partial charge in [-0.2, -0.15) is 9.67 Å². The molecule has 0 N–H and O–H groups in total. The lowest BCUT2D eigenvalue weighted by Crippen LogP contribution is -2.34. The molecule has 0 radical (unpaired) electrons. The predicted octanol–water partition coefficient (Wildman–Crippen LogP) is 1.61. The molecule has 6 heteroatoms. The van der Waals surface area contributed by atoms with Gasteiger partial charge in [0.15, 0.2) is 5.82 Å². The average molecular weight is 258 g/mol. The minimum atomic E-state index is -0.369. The van der Waals surface area contributed by atoms with E-state index in [2.05, 4.69) is 4.98 Å². The molecule has 6 nitrogen and oxygen atoms in total. The third-order valence-corrected chi connectivity index (χ3v) is 3.15. The Morgan fingerprint density at radius 3 is 2.47 bits per heavy atom. The standard InChI is InChI=1S/C13H14N4O2/c1-9(2)16-12(18)14-11-8-15(13(19)17(11)16)10-6-4-3-5-7-10/h3-7,9H,8H2,1-2H3. The largest absolute Gasteiger partial charge is 0.364 e. The number of hydrogen-bond donors (Lipinski definition) is 0. The van der Waals surface area contributed by atoms with Gasteiger partial charge in [0.05, 0.1) is 12.6 Å². The topological polar surface area (TPSA) is 60.1 Å². The van der Waals surface area contributed by atoms with Crippen molar-refractivity contribution in [1.82, 2.24) is 14.3 Å². The molecule has 1 amide bonds. The molecule has 1 aromatic heterocycles. The molecule has 98 valence electrons. The quantitative estimate of drug-likeness (QED) is 0.822. The second kappa shape index (κ2) is 4.08. The molecule has 3 rings (SSSR count). The van der Waals surface area contributed by atoms with Crippen molar-refractivity contribution in [2.24, 2.45) is 0 Å². The van der Waals surface area contributed by atoms with Gasteiger partial charge in [0.2, 0.25) is 0 Å². The van der Waals surface area contributed by atoms with Gasteiger partial charge in [-0.15, -0.1) is 0 Å². The molecule has 1 aliphatic rings. The van der Waals surface area contributed by atoms with Crippen LogP contribution in [0.4, 0.5) is 10.5 Å². The number of aromatic nitrogens is 3. The van der Waals surface area contributed by atoms with Gasteiger partial charge in [-0.05, 0) is 26.0 Å². The van der Waals surface area contributed by atoms with Crippen LogP contribution in [0.15, 0.2) is 35.1 Å². The number of fused-ring (bicyclic) bond motifs is 1. The highest BCUT2D eigenvalue weighted by Crippen LogP contribution is 2.23. The zero-order chi connectivity index (χ0) is 13.6. The van der Waals surface area contributed by atoms with Crippen LogP contribution in [0, 0.1) is 0 Å². The number of rotatable bonds is 2. The molecule has 0 bridgehead atoms. The third-order valence-electron chi connectivity index (χ3n) is 3.15. The molecular weight excluding hydrogens is 244 g/mol. The number of para-hydroxylation sites is 1. The normalized spacial score (nSPS) is 14.3. The maximum atomic E-state index is 12.4. The lowest BCUT2D eigenvalue weighted by molar-refractivity contribution is 0.242. The molecular formula is C13H14N4O2. The van der Waals surface area contributed by atoms with Gasteiger partial charge < -0.3 is 0 Å². The molecule has 0 fully saturated rings. The van der Waals surface area contributed by atoms with Crippen LogP contribution in [-0.2, 0) is 6.54 Å². The number of nitrogens with zero attached hydrogens (tertiary/aromatic N) is 4. The Labute approximate surface area is 109 Å². The van der Waals surface area contributed by atoms with Crippen LogP contribution in [0.1, 0.15) is 25.7 Å². The van der Waals surface area contributed by atoms with E-state index in [1.54, 1.807) is 4.90 Å². The van der Waals surface area contributed by atoms with Crippen LogP contribution in [0.25, 0.3) is 0 Å². The SMILES string of the molecule is CC(C)n1c(=O)nc2n1C(=O)N(c1ccccc1)C2. The number of carbonyl (C=O) groups excluding carboxylic acids is 1. The van der Waals surface area contributed by atoms with Crippen LogP contribution < -0.4 is 10.6 Å². The van der Waals surface area contributed by atoms with Crippen molar-refractivity contribution >= 4 is 11.7 Å². The molecule has 0 aliphatic carbocycles. The van der Waals surface area contributed by atoms with Crippen molar-refractivity contribution < 1.29 is 4.79 Å². The fraction of sp³-hybridized carbons (Fsp3) is 0.308. The highest BCUT2D eigenvalue weighted by molar-refractivity contribution is 5.95. The fourth-order valence-electron chi connectivity index (χ4n) is 2.31. The summed E-state index contributed by atoms with van der Waals surface area (Å²) in [6.07, 6.45) is 0. The van der Waals surface area contributed by atoms with Crippen molar-refractivity contribution in [1.29, 1.82) is 0 Å². The van der Waals surface area contributed by atoms with Gasteiger partial charge in [-0.1, -0.05) is 18.2 Å². The number of benzene rings is 1. The van der Waals surface area contributed by atoms with Crippen molar-refractivity contribution in [2.45, 2.75) is 26.4 Å². The number of amides is 1. The van der Waals surface area contributed by atoms with Crippen molar-refractivity contribution in [3.05, 3.63) is 46.6 Å². The Hall–Kier alpha value is -2.37. The lowest BCUT2D eigenvalue weighted by Gasteiger charge is -2.16. The summed E-state index contributed by atoms with van der Waals surface area (Å²) in [5.41, 5.74) is 0.437. The summed E-state index contributed by atoms with van der Waals surface area (Å²) in [7, 11) is 0. The molecule has 1 aromatic carbocycles. The first-order valence-electron chi connectivity index (χ1n) is 6.17. The van der Waals surface area contributed by atoms with Crippen molar-refractivity contribution in [3.63, 3.8) is 0 Å². The molecule has 0 atom stereocenters. The second-order valence-corrected chi connectivity index (χ2v) is 4.76. The molecule has 1 aliphatic heterocycles. The van der Waals surface area contributed by atoms with Gasteiger partial charge in [0, 0.05) is 5.69 Å². The van der Waals surface area contributed by atoms with Crippen LogP contribution >= 0.6 is 0 Å². The van der Waals surface area contributed by atoms with Gasteiger partial charge in [-0.25, -0.2) is 14.3 Å². The predicted molar refractivity (Wildman–Crippen MR) is 70.3 cm³/mol. The number of anilines is 1. The minimum Gasteiger partial charge on any atom is -0.285 e. The van der Waals surface area contributed by atoms with E-state index >= 15 is 0 Å². The summed E-state index contributed by atoms with van der Waals surface area (Å²) in [4.78, 5) is 29.7. The number of carbonyl (C=O) groups is 1. The van der Waals surface area contributed by atoms with E-state index in [-0.39, 0.29) is 17.8 Å². The first-order valence-corrected chi connectivity index (χ1v) is 6.17. The summed E-state index contributed by atoms with van der Waals surface area (Å²) >= 11 is 0. The molecule has 19 heavy (non-hydrogen) atoms. The Morgan fingerprint density at radius 2 is 1.84 bits per heavy atom. The van der Waals surface area contributed by atoms with E-state index in [9.17, 15) is 9.59 Å². The van der Waals surface area contributed by atoms with E-state index < -0.39 is 0 Å². The Bertz CT molecular complexity index is 684. The van der Waals surface area contributed by atoms with E-state index in [4.69, 9.17) is 0 Å². The smallest absolute Gasteiger partial charge is 0.285 e. The summed E-state index contributed by atoms with van der Waals surface area (Å²) in [6.45, 7) is 4.04. The van der Waals surface area contributed by atoms with Gasteiger partial charge >= 0.3 is 11.7 Å². The van der Waals surface area contributed by atoms with Crippen molar-refractivity contribution in [3.8, 4) is 0 Å². The summed E-state index contributed by atoms with van der Waals surface area (Å²) in [5.74, 6) is 0.493.